The molecule has 3 nitrogen and oxygen atoms in total. The molecule has 0 bridgehead atoms. The first kappa shape index (κ1) is 12.4. The summed E-state index contributed by atoms with van der Waals surface area (Å²) < 4.78 is 0. The van der Waals surface area contributed by atoms with Crippen LogP contribution < -0.4 is 10.2 Å². The summed E-state index contributed by atoms with van der Waals surface area (Å²) >= 11 is 0. The van der Waals surface area contributed by atoms with Crippen LogP contribution in [0.4, 0.5) is 11.4 Å². The van der Waals surface area contributed by atoms with Crippen molar-refractivity contribution in [3.05, 3.63) is 24.3 Å². The first-order valence-electron chi connectivity index (χ1n) is 5.58. The molecule has 0 aliphatic rings. The highest BCUT2D eigenvalue weighted by Crippen LogP contribution is 2.19. The van der Waals surface area contributed by atoms with Crippen molar-refractivity contribution in [3.8, 4) is 6.07 Å². The van der Waals surface area contributed by atoms with Crippen LogP contribution in [0.3, 0.4) is 0 Å². The largest absolute Gasteiger partial charge is 0.381 e. The van der Waals surface area contributed by atoms with E-state index in [9.17, 15) is 0 Å². The summed E-state index contributed by atoms with van der Waals surface area (Å²) in [5.41, 5.74) is 2.24. The molecule has 0 aliphatic heterocycles. The molecule has 0 spiro atoms. The molecule has 1 atom stereocenters. The molecule has 86 valence electrons. The zero-order valence-electron chi connectivity index (χ0n) is 10.2. The minimum absolute atomic E-state index is 0.238. The predicted molar refractivity (Wildman–Crippen MR) is 68.7 cm³/mol. The van der Waals surface area contributed by atoms with Crippen LogP contribution in [0.5, 0.6) is 0 Å². The average molecular weight is 217 g/mol. The number of rotatable bonds is 5. The van der Waals surface area contributed by atoms with Crippen molar-refractivity contribution in [3.63, 3.8) is 0 Å². The van der Waals surface area contributed by atoms with E-state index < -0.39 is 0 Å². The van der Waals surface area contributed by atoms with Crippen molar-refractivity contribution in [1.29, 1.82) is 5.26 Å². The number of nitrogens with one attached hydrogen (secondary N) is 1. The summed E-state index contributed by atoms with van der Waals surface area (Å²) in [5.74, 6) is 0. The molecule has 0 saturated carbocycles. The Bertz CT molecular complexity index is 366. The predicted octanol–water partition coefficient (Wildman–Crippen LogP) is 2.86. The molecule has 3 heteroatoms. The van der Waals surface area contributed by atoms with Gasteiger partial charge in [0.1, 0.15) is 0 Å². The quantitative estimate of drug-likeness (QED) is 0.824. The van der Waals surface area contributed by atoms with E-state index in [0.717, 1.165) is 17.8 Å². The Hall–Kier alpha value is -1.69. The molecule has 1 rings (SSSR count). The Morgan fingerprint density at radius 1 is 1.44 bits per heavy atom. The van der Waals surface area contributed by atoms with Gasteiger partial charge >= 0.3 is 0 Å². The summed E-state index contributed by atoms with van der Waals surface area (Å²) in [7, 11) is 4.04. The van der Waals surface area contributed by atoms with Crippen molar-refractivity contribution in [1.82, 2.24) is 0 Å². The standard InChI is InChI=1S/C13H19N3/c1-4-11(8-9-14)15-12-6-5-7-13(10-12)16(2)3/h5-7,10-11,15H,4,8H2,1-3H3. The van der Waals surface area contributed by atoms with Crippen molar-refractivity contribution in [2.45, 2.75) is 25.8 Å². The van der Waals surface area contributed by atoms with Gasteiger partial charge in [0.2, 0.25) is 0 Å². The van der Waals surface area contributed by atoms with Crippen LogP contribution in [-0.4, -0.2) is 20.1 Å². The fraction of sp³-hybridized carbons (Fsp3) is 0.462. The van der Waals surface area contributed by atoms with Crippen molar-refractivity contribution >= 4 is 11.4 Å². The van der Waals surface area contributed by atoms with E-state index in [0.29, 0.717) is 6.42 Å². The van der Waals surface area contributed by atoms with Gasteiger partial charge in [-0.3, -0.25) is 0 Å². The molecule has 0 aliphatic carbocycles. The maximum absolute atomic E-state index is 8.69. The van der Waals surface area contributed by atoms with Crippen molar-refractivity contribution in [2.24, 2.45) is 0 Å². The SMILES string of the molecule is CCC(CC#N)Nc1cccc(N(C)C)c1. The molecule has 0 fully saturated rings. The van der Waals surface area contributed by atoms with Crippen LogP contribution >= 0.6 is 0 Å². The molecule has 1 N–H and O–H groups in total. The van der Waals surface area contributed by atoms with Gasteiger partial charge in [-0.25, -0.2) is 0 Å². The van der Waals surface area contributed by atoms with Gasteiger partial charge in [-0.15, -0.1) is 0 Å². The van der Waals surface area contributed by atoms with E-state index in [2.05, 4.69) is 35.3 Å². The van der Waals surface area contributed by atoms with E-state index in [1.165, 1.54) is 0 Å². The van der Waals surface area contributed by atoms with Gasteiger partial charge in [0.15, 0.2) is 0 Å². The highest BCUT2D eigenvalue weighted by Gasteiger charge is 2.05. The monoisotopic (exact) mass is 217 g/mol. The third-order valence-electron chi connectivity index (χ3n) is 2.56. The summed E-state index contributed by atoms with van der Waals surface area (Å²) in [5, 5.41) is 12.1. The van der Waals surface area contributed by atoms with Crippen LogP contribution in [-0.2, 0) is 0 Å². The zero-order chi connectivity index (χ0) is 12.0. The third kappa shape index (κ3) is 3.47. The maximum Gasteiger partial charge on any atom is 0.0643 e. The molecular weight excluding hydrogens is 198 g/mol. The van der Waals surface area contributed by atoms with E-state index in [1.54, 1.807) is 0 Å². The molecule has 0 saturated heterocycles. The second kappa shape index (κ2) is 6.02. The maximum atomic E-state index is 8.69. The van der Waals surface area contributed by atoms with E-state index in [1.807, 2.05) is 26.2 Å². The van der Waals surface area contributed by atoms with Crippen LogP contribution in [0, 0.1) is 11.3 Å². The fourth-order valence-electron chi connectivity index (χ4n) is 1.52. The molecule has 0 aromatic heterocycles. The molecule has 16 heavy (non-hydrogen) atoms. The lowest BCUT2D eigenvalue weighted by molar-refractivity contribution is 0.711. The summed E-state index contributed by atoms with van der Waals surface area (Å²) in [6.45, 7) is 2.09. The van der Waals surface area contributed by atoms with Crippen LogP contribution in [0.15, 0.2) is 24.3 Å². The normalized spacial score (nSPS) is 11.6. The second-order valence-corrected chi connectivity index (χ2v) is 4.06. The fourth-order valence-corrected chi connectivity index (χ4v) is 1.52. The Kier molecular flexibility index (Phi) is 4.65. The minimum atomic E-state index is 0.238. The Balaban J connectivity index is 2.73. The Morgan fingerprint density at radius 2 is 2.19 bits per heavy atom. The van der Waals surface area contributed by atoms with Crippen LogP contribution in [0.25, 0.3) is 0 Å². The molecular formula is C13H19N3. The minimum Gasteiger partial charge on any atom is -0.381 e. The first-order chi connectivity index (χ1) is 7.67. The lowest BCUT2D eigenvalue weighted by atomic mass is 10.1. The number of hydrogen-bond donors (Lipinski definition) is 1. The smallest absolute Gasteiger partial charge is 0.0643 e. The zero-order valence-corrected chi connectivity index (χ0v) is 10.2. The van der Waals surface area contributed by atoms with Crippen LogP contribution in [0.2, 0.25) is 0 Å². The molecule has 1 aromatic carbocycles. The number of nitrogens with zero attached hydrogens (tertiary/aromatic N) is 2. The summed E-state index contributed by atoms with van der Waals surface area (Å²) in [6, 6.07) is 10.7. The number of hydrogen-bond acceptors (Lipinski definition) is 3. The lowest BCUT2D eigenvalue weighted by Gasteiger charge is -2.18. The van der Waals surface area contributed by atoms with Gasteiger partial charge in [0, 0.05) is 31.5 Å². The van der Waals surface area contributed by atoms with E-state index in [4.69, 9.17) is 5.26 Å². The highest BCUT2D eigenvalue weighted by molar-refractivity contribution is 5.57. The molecule has 0 amide bonds. The Labute approximate surface area is 97.7 Å². The molecule has 0 radical (unpaired) electrons. The van der Waals surface area contributed by atoms with Gasteiger partial charge in [-0.05, 0) is 24.6 Å². The average Bonchev–Trinajstić information content (AvgIpc) is 2.29. The summed E-state index contributed by atoms with van der Waals surface area (Å²) in [4.78, 5) is 2.07. The Morgan fingerprint density at radius 3 is 2.75 bits per heavy atom. The number of anilines is 2. The van der Waals surface area contributed by atoms with Gasteiger partial charge in [0.05, 0.1) is 12.5 Å². The molecule has 1 aromatic rings. The van der Waals surface area contributed by atoms with Gasteiger partial charge < -0.3 is 10.2 Å². The van der Waals surface area contributed by atoms with Gasteiger partial charge in [0.25, 0.3) is 0 Å². The molecule has 0 heterocycles. The van der Waals surface area contributed by atoms with Gasteiger partial charge in [-0.2, -0.15) is 5.26 Å². The van der Waals surface area contributed by atoms with Gasteiger partial charge in [-0.1, -0.05) is 13.0 Å². The topological polar surface area (TPSA) is 39.1 Å². The highest BCUT2D eigenvalue weighted by atomic mass is 15.1. The molecule has 1 unspecified atom stereocenters. The number of benzene rings is 1. The second-order valence-electron chi connectivity index (χ2n) is 4.06. The van der Waals surface area contributed by atoms with E-state index >= 15 is 0 Å². The lowest BCUT2D eigenvalue weighted by Crippen LogP contribution is -2.18. The summed E-state index contributed by atoms with van der Waals surface area (Å²) in [6.07, 6.45) is 1.50. The number of nitriles is 1. The van der Waals surface area contributed by atoms with Crippen molar-refractivity contribution in [2.75, 3.05) is 24.3 Å². The van der Waals surface area contributed by atoms with Crippen molar-refractivity contribution < 1.29 is 0 Å². The van der Waals surface area contributed by atoms with E-state index in [-0.39, 0.29) is 6.04 Å². The third-order valence-corrected chi connectivity index (χ3v) is 2.56. The first-order valence-corrected chi connectivity index (χ1v) is 5.58. The van der Waals surface area contributed by atoms with Crippen LogP contribution in [0.1, 0.15) is 19.8 Å².